The molecule has 0 bridgehead atoms. The van der Waals surface area contributed by atoms with E-state index in [4.69, 9.17) is 4.74 Å². The van der Waals surface area contributed by atoms with Crippen molar-refractivity contribution in [3.8, 4) is 0 Å². The highest BCUT2D eigenvalue weighted by molar-refractivity contribution is 7.89. The van der Waals surface area contributed by atoms with E-state index in [1.54, 1.807) is 0 Å². The first-order chi connectivity index (χ1) is 8.44. The summed E-state index contributed by atoms with van der Waals surface area (Å²) in [6.45, 7) is 0.588. The first kappa shape index (κ1) is 13.8. The van der Waals surface area contributed by atoms with E-state index < -0.39 is 21.5 Å². The van der Waals surface area contributed by atoms with Gasteiger partial charge in [-0.25, -0.2) is 8.42 Å². The van der Waals surface area contributed by atoms with Crippen LogP contribution in [-0.2, 0) is 19.6 Å². The molecule has 6 nitrogen and oxygen atoms in total. The summed E-state index contributed by atoms with van der Waals surface area (Å²) in [5, 5.41) is 9.23. The molecule has 104 valence electrons. The quantitative estimate of drug-likeness (QED) is 0.762. The summed E-state index contributed by atoms with van der Waals surface area (Å²) in [7, 11) is -3.61. The van der Waals surface area contributed by atoms with Gasteiger partial charge in [-0.15, -0.1) is 0 Å². The van der Waals surface area contributed by atoms with Crippen molar-refractivity contribution in [1.29, 1.82) is 0 Å². The molecule has 1 atom stereocenters. The van der Waals surface area contributed by atoms with Crippen LogP contribution in [0.1, 0.15) is 38.5 Å². The minimum Gasteiger partial charge on any atom is -0.480 e. The van der Waals surface area contributed by atoms with Crippen molar-refractivity contribution in [2.75, 3.05) is 12.4 Å². The van der Waals surface area contributed by atoms with Gasteiger partial charge in [-0.2, -0.15) is 4.72 Å². The van der Waals surface area contributed by atoms with Crippen LogP contribution in [0.4, 0.5) is 0 Å². The highest BCUT2D eigenvalue weighted by atomic mass is 32.2. The van der Waals surface area contributed by atoms with Crippen molar-refractivity contribution in [3.63, 3.8) is 0 Å². The maximum atomic E-state index is 12.0. The second kappa shape index (κ2) is 5.14. The van der Waals surface area contributed by atoms with E-state index in [1.165, 1.54) is 0 Å². The molecule has 0 aromatic carbocycles. The summed E-state index contributed by atoms with van der Waals surface area (Å²) in [4.78, 5) is 11.3. The van der Waals surface area contributed by atoms with Gasteiger partial charge >= 0.3 is 5.97 Å². The van der Waals surface area contributed by atoms with Crippen LogP contribution < -0.4 is 4.72 Å². The van der Waals surface area contributed by atoms with Gasteiger partial charge in [0.15, 0.2) is 0 Å². The van der Waals surface area contributed by atoms with Gasteiger partial charge in [0.1, 0.15) is 5.54 Å². The van der Waals surface area contributed by atoms with E-state index in [0.29, 0.717) is 19.4 Å². The lowest BCUT2D eigenvalue weighted by molar-refractivity contribution is -0.143. The topological polar surface area (TPSA) is 92.7 Å². The van der Waals surface area contributed by atoms with Crippen LogP contribution >= 0.6 is 0 Å². The molecule has 1 saturated carbocycles. The van der Waals surface area contributed by atoms with E-state index >= 15 is 0 Å². The number of carboxylic acids is 1. The SMILES string of the molecule is O=C(O)C1(NS(=O)(=O)CC2CCCO2)CCCC1. The molecule has 0 aromatic heterocycles. The minimum atomic E-state index is -3.61. The summed E-state index contributed by atoms with van der Waals surface area (Å²) in [5.41, 5.74) is -1.29. The summed E-state index contributed by atoms with van der Waals surface area (Å²) in [6.07, 6.45) is 3.52. The van der Waals surface area contributed by atoms with Crippen molar-refractivity contribution in [2.24, 2.45) is 0 Å². The van der Waals surface area contributed by atoms with E-state index in [1.807, 2.05) is 0 Å². The van der Waals surface area contributed by atoms with Crippen LogP contribution in [0, 0.1) is 0 Å². The molecular weight excluding hydrogens is 258 g/mol. The fourth-order valence-electron chi connectivity index (χ4n) is 2.70. The Kier molecular flexibility index (Phi) is 3.93. The summed E-state index contributed by atoms with van der Waals surface area (Å²) in [6, 6.07) is 0. The van der Waals surface area contributed by atoms with Crippen LogP contribution in [0.3, 0.4) is 0 Å². The van der Waals surface area contributed by atoms with Gasteiger partial charge in [-0.1, -0.05) is 12.8 Å². The van der Waals surface area contributed by atoms with E-state index in [2.05, 4.69) is 4.72 Å². The molecule has 18 heavy (non-hydrogen) atoms. The zero-order valence-electron chi connectivity index (χ0n) is 10.2. The third-order valence-electron chi connectivity index (χ3n) is 3.65. The summed E-state index contributed by atoms with van der Waals surface area (Å²) in [5.74, 6) is -1.21. The number of ether oxygens (including phenoxy) is 1. The molecule has 2 fully saturated rings. The van der Waals surface area contributed by atoms with Crippen LogP contribution in [0.15, 0.2) is 0 Å². The van der Waals surface area contributed by atoms with Crippen LogP contribution in [0.2, 0.25) is 0 Å². The van der Waals surface area contributed by atoms with Crippen molar-refractivity contribution in [2.45, 2.75) is 50.2 Å². The smallest absolute Gasteiger partial charge is 0.324 e. The van der Waals surface area contributed by atoms with Gasteiger partial charge in [-0.3, -0.25) is 4.79 Å². The Morgan fingerprint density at radius 1 is 1.33 bits per heavy atom. The number of rotatable bonds is 5. The maximum Gasteiger partial charge on any atom is 0.324 e. The van der Waals surface area contributed by atoms with Crippen LogP contribution in [-0.4, -0.2) is 43.5 Å². The molecule has 0 aromatic rings. The highest BCUT2D eigenvalue weighted by Gasteiger charge is 2.44. The van der Waals surface area contributed by atoms with Gasteiger partial charge in [0.25, 0.3) is 0 Å². The monoisotopic (exact) mass is 277 g/mol. The van der Waals surface area contributed by atoms with Crippen molar-refractivity contribution in [3.05, 3.63) is 0 Å². The predicted octanol–water partition coefficient (Wildman–Crippen LogP) is 0.482. The molecule has 0 spiro atoms. The van der Waals surface area contributed by atoms with Gasteiger partial charge in [0, 0.05) is 6.61 Å². The maximum absolute atomic E-state index is 12.0. The molecule has 7 heteroatoms. The molecule has 1 aliphatic heterocycles. The van der Waals surface area contributed by atoms with E-state index in [0.717, 1.165) is 25.7 Å². The molecule has 0 radical (unpaired) electrons. The first-order valence-corrected chi connectivity index (χ1v) is 7.95. The number of aliphatic carboxylic acids is 1. The second-order valence-electron chi connectivity index (χ2n) is 5.11. The Morgan fingerprint density at radius 2 is 2.00 bits per heavy atom. The van der Waals surface area contributed by atoms with E-state index in [9.17, 15) is 18.3 Å². The number of hydrogen-bond acceptors (Lipinski definition) is 4. The average Bonchev–Trinajstić information content (AvgIpc) is 2.88. The molecule has 2 N–H and O–H groups in total. The van der Waals surface area contributed by atoms with Crippen molar-refractivity contribution in [1.82, 2.24) is 4.72 Å². The second-order valence-corrected chi connectivity index (χ2v) is 6.88. The molecule has 2 aliphatic rings. The minimum absolute atomic E-state index is 0.137. The number of nitrogens with one attached hydrogen (secondary N) is 1. The van der Waals surface area contributed by atoms with Crippen molar-refractivity contribution < 1.29 is 23.1 Å². The van der Waals surface area contributed by atoms with Gasteiger partial charge < -0.3 is 9.84 Å². The Bertz CT molecular complexity index is 407. The molecule has 1 aliphatic carbocycles. The van der Waals surface area contributed by atoms with Crippen LogP contribution in [0.5, 0.6) is 0 Å². The summed E-state index contributed by atoms with van der Waals surface area (Å²) >= 11 is 0. The fraction of sp³-hybridized carbons (Fsp3) is 0.909. The number of carboxylic acid groups (broad SMARTS) is 1. The Labute approximate surface area is 107 Å². The standard InChI is InChI=1S/C11H19NO5S/c13-10(14)11(5-1-2-6-11)12-18(15,16)8-9-4-3-7-17-9/h9,12H,1-8H2,(H,13,14). The average molecular weight is 277 g/mol. The first-order valence-electron chi connectivity index (χ1n) is 6.30. The van der Waals surface area contributed by atoms with Crippen LogP contribution in [0.25, 0.3) is 0 Å². The van der Waals surface area contributed by atoms with Crippen molar-refractivity contribution >= 4 is 16.0 Å². The van der Waals surface area contributed by atoms with E-state index in [-0.39, 0.29) is 11.9 Å². The molecule has 2 rings (SSSR count). The number of carbonyl (C=O) groups is 1. The lowest BCUT2D eigenvalue weighted by Gasteiger charge is -2.25. The molecule has 1 saturated heterocycles. The fourth-order valence-corrected chi connectivity index (χ4v) is 4.42. The molecule has 1 heterocycles. The third-order valence-corrected chi connectivity index (χ3v) is 5.16. The molecule has 1 unspecified atom stereocenters. The lowest BCUT2D eigenvalue weighted by Crippen LogP contribution is -2.53. The van der Waals surface area contributed by atoms with Gasteiger partial charge in [0.2, 0.25) is 10.0 Å². The zero-order valence-corrected chi connectivity index (χ0v) is 11.0. The molecular formula is C11H19NO5S. The third kappa shape index (κ3) is 3.02. The van der Waals surface area contributed by atoms with Gasteiger partial charge in [0.05, 0.1) is 11.9 Å². The largest absolute Gasteiger partial charge is 0.480 e. The summed E-state index contributed by atoms with van der Waals surface area (Å²) < 4.78 is 31.7. The normalized spacial score (nSPS) is 27.4. The lowest BCUT2D eigenvalue weighted by atomic mass is 10.0. The Balaban J connectivity index is 2.03. The molecule has 0 amide bonds. The number of hydrogen-bond donors (Lipinski definition) is 2. The van der Waals surface area contributed by atoms with Gasteiger partial charge in [-0.05, 0) is 25.7 Å². The zero-order chi connectivity index (χ0) is 13.2. The predicted molar refractivity (Wildman–Crippen MR) is 64.7 cm³/mol. The Hall–Kier alpha value is -0.660. The highest BCUT2D eigenvalue weighted by Crippen LogP contribution is 2.31. The number of sulfonamides is 1. The Morgan fingerprint density at radius 3 is 2.50 bits per heavy atom.